The first-order valence-corrected chi connectivity index (χ1v) is 8.60. The van der Waals surface area contributed by atoms with Crippen LogP contribution in [0.25, 0.3) is 17.0 Å². The van der Waals surface area contributed by atoms with Crippen LogP contribution in [-0.2, 0) is 13.5 Å². The molecule has 1 amide bonds. The van der Waals surface area contributed by atoms with E-state index in [4.69, 9.17) is 0 Å². The normalized spacial score (nSPS) is 11.0. The van der Waals surface area contributed by atoms with Gasteiger partial charge in [-0.2, -0.15) is 0 Å². The van der Waals surface area contributed by atoms with Gasteiger partial charge in [-0.15, -0.1) is 0 Å². The number of hydrogen-bond donors (Lipinski definition) is 1. The highest BCUT2D eigenvalue weighted by Crippen LogP contribution is 2.21. The maximum absolute atomic E-state index is 13.3. The SMILES string of the molecule is Cn1cnc(-c2nc(C(=O)NCCc3cccc(F)c3)c3ccccn23)c1. The monoisotopic (exact) mass is 363 g/mol. The third kappa shape index (κ3) is 3.44. The lowest BCUT2D eigenvalue weighted by molar-refractivity contribution is 0.0951. The van der Waals surface area contributed by atoms with E-state index in [2.05, 4.69) is 15.3 Å². The summed E-state index contributed by atoms with van der Waals surface area (Å²) in [4.78, 5) is 21.5. The molecule has 3 heterocycles. The number of benzene rings is 1. The molecule has 0 fully saturated rings. The van der Waals surface area contributed by atoms with Crippen molar-refractivity contribution < 1.29 is 9.18 Å². The third-order valence-corrected chi connectivity index (χ3v) is 4.29. The van der Waals surface area contributed by atoms with Gasteiger partial charge >= 0.3 is 0 Å². The van der Waals surface area contributed by atoms with Crippen molar-refractivity contribution in [3.63, 3.8) is 0 Å². The Morgan fingerprint density at radius 2 is 2.11 bits per heavy atom. The average Bonchev–Trinajstić information content (AvgIpc) is 3.25. The number of hydrogen-bond acceptors (Lipinski definition) is 3. The first kappa shape index (κ1) is 17.0. The number of nitrogens with zero attached hydrogens (tertiary/aromatic N) is 4. The van der Waals surface area contributed by atoms with Gasteiger partial charge in [0.2, 0.25) is 0 Å². The maximum Gasteiger partial charge on any atom is 0.272 e. The Morgan fingerprint density at radius 1 is 1.22 bits per heavy atom. The highest BCUT2D eigenvalue weighted by molar-refractivity contribution is 5.99. The summed E-state index contributed by atoms with van der Waals surface area (Å²) in [5.74, 6) is 0.0673. The van der Waals surface area contributed by atoms with Gasteiger partial charge in [-0.3, -0.25) is 9.20 Å². The molecule has 1 aromatic carbocycles. The zero-order valence-electron chi connectivity index (χ0n) is 14.8. The molecule has 0 saturated carbocycles. The molecule has 0 bridgehead atoms. The first-order chi connectivity index (χ1) is 13.1. The molecule has 4 aromatic rings. The second-order valence-corrected chi connectivity index (χ2v) is 6.30. The van der Waals surface area contributed by atoms with Gasteiger partial charge in [0.05, 0.1) is 11.8 Å². The fourth-order valence-corrected chi connectivity index (χ4v) is 3.01. The van der Waals surface area contributed by atoms with Gasteiger partial charge in [0, 0.05) is 26.0 Å². The van der Waals surface area contributed by atoms with Crippen LogP contribution in [0.4, 0.5) is 4.39 Å². The minimum Gasteiger partial charge on any atom is -0.350 e. The summed E-state index contributed by atoms with van der Waals surface area (Å²) >= 11 is 0. The van der Waals surface area contributed by atoms with Gasteiger partial charge in [-0.05, 0) is 36.2 Å². The van der Waals surface area contributed by atoms with Gasteiger partial charge in [0.1, 0.15) is 11.5 Å². The summed E-state index contributed by atoms with van der Waals surface area (Å²) in [5.41, 5.74) is 2.58. The van der Waals surface area contributed by atoms with Crippen molar-refractivity contribution in [3.8, 4) is 11.5 Å². The van der Waals surface area contributed by atoms with Crippen molar-refractivity contribution in [2.75, 3.05) is 6.54 Å². The molecule has 4 rings (SSSR count). The van der Waals surface area contributed by atoms with E-state index < -0.39 is 0 Å². The van der Waals surface area contributed by atoms with Crippen molar-refractivity contribution in [1.29, 1.82) is 0 Å². The largest absolute Gasteiger partial charge is 0.350 e. The molecule has 0 saturated heterocycles. The highest BCUT2D eigenvalue weighted by atomic mass is 19.1. The Hall–Kier alpha value is -3.48. The summed E-state index contributed by atoms with van der Waals surface area (Å²) in [6.45, 7) is 0.396. The molecule has 0 unspecified atom stereocenters. The Bertz CT molecular complexity index is 1110. The van der Waals surface area contributed by atoms with E-state index in [1.807, 2.05) is 52.7 Å². The Kier molecular flexibility index (Phi) is 4.42. The van der Waals surface area contributed by atoms with Gasteiger partial charge < -0.3 is 9.88 Å². The van der Waals surface area contributed by atoms with Crippen molar-refractivity contribution >= 4 is 11.4 Å². The van der Waals surface area contributed by atoms with Gasteiger partial charge in [0.15, 0.2) is 11.5 Å². The number of aryl methyl sites for hydroxylation is 1. The molecule has 0 aliphatic heterocycles. The summed E-state index contributed by atoms with van der Waals surface area (Å²) in [7, 11) is 1.88. The number of imidazole rings is 2. The van der Waals surface area contributed by atoms with Crippen LogP contribution in [0.5, 0.6) is 0 Å². The standard InChI is InChI=1S/C20H18FN5O/c1-25-12-16(23-13-25)19-24-18(17-7-2-3-10-26(17)19)20(27)22-9-8-14-5-4-6-15(21)11-14/h2-7,10-13H,8-9H2,1H3,(H,22,27). The van der Waals surface area contributed by atoms with E-state index in [1.54, 1.807) is 12.4 Å². The molecule has 0 aliphatic rings. The van der Waals surface area contributed by atoms with Crippen LogP contribution in [0, 0.1) is 5.82 Å². The lowest BCUT2D eigenvalue weighted by Gasteiger charge is -2.04. The highest BCUT2D eigenvalue weighted by Gasteiger charge is 2.19. The molecule has 0 atom stereocenters. The van der Waals surface area contributed by atoms with Gasteiger partial charge in [-0.1, -0.05) is 18.2 Å². The van der Waals surface area contributed by atoms with Crippen molar-refractivity contribution in [2.45, 2.75) is 6.42 Å². The molecule has 27 heavy (non-hydrogen) atoms. The maximum atomic E-state index is 13.3. The molecule has 6 nitrogen and oxygen atoms in total. The van der Waals surface area contributed by atoms with Crippen LogP contribution in [0.1, 0.15) is 16.1 Å². The van der Waals surface area contributed by atoms with Crippen LogP contribution in [0.3, 0.4) is 0 Å². The first-order valence-electron chi connectivity index (χ1n) is 8.60. The number of carbonyl (C=O) groups excluding carboxylic acids is 1. The predicted molar refractivity (Wildman–Crippen MR) is 99.8 cm³/mol. The van der Waals surface area contributed by atoms with Crippen LogP contribution >= 0.6 is 0 Å². The molecular weight excluding hydrogens is 345 g/mol. The second kappa shape index (κ2) is 7.03. The van der Waals surface area contributed by atoms with Crippen LogP contribution in [0.15, 0.2) is 61.2 Å². The van der Waals surface area contributed by atoms with Crippen molar-refractivity contribution in [3.05, 3.63) is 78.3 Å². The second-order valence-electron chi connectivity index (χ2n) is 6.30. The van der Waals surface area contributed by atoms with E-state index >= 15 is 0 Å². The van der Waals surface area contributed by atoms with Crippen molar-refractivity contribution in [2.24, 2.45) is 7.05 Å². The molecule has 0 spiro atoms. The molecule has 0 aliphatic carbocycles. The molecule has 3 aromatic heterocycles. The number of amides is 1. The molecule has 0 radical (unpaired) electrons. The van der Waals surface area contributed by atoms with E-state index in [1.165, 1.54) is 12.1 Å². The number of carbonyl (C=O) groups is 1. The summed E-state index contributed by atoms with van der Waals surface area (Å²) in [6, 6.07) is 12.0. The Morgan fingerprint density at radius 3 is 2.89 bits per heavy atom. The van der Waals surface area contributed by atoms with E-state index in [0.29, 0.717) is 35.7 Å². The molecule has 136 valence electrons. The topological polar surface area (TPSA) is 64.2 Å². The summed E-state index contributed by atoms with van der Waals surface area (Å²) in [6.07, 6.45) is 5.95. The predicted octanol–water partition coefficient (Wildman–Crippen LogP) is 2.85. The third-order valence-electron chi connectivity index (χ3n) is 4.29. The zero-order chi connectivity index (χ0) is 18.8. The quantitative estimate of drug-likeness (QED) is 0.593. The smallest absolute Gasteiger partial charge is 0.272 e. The van der Waals surface area contributed by atoms with Crippen LogP contribution in [0.2, 0.25) is 0 Å². The number of fused-ring (bicyclic) bond motifs is 1. The summed E-state index contributed by atoms with van der Waals surface area (Å²) < 4.78 is 16.9. The minimum absolute atomic E-state index is 0.266. The van der Waals surface area contributed by atoms with E-state index in [-0.39, 0.29) is 11.7 Å². The van der Waals surface area contributed by atoms with Crippen LogP contribution < -0.4 is 5.32 Å². The fourth-order valence-electron chi connectivity index (χ4n) is 3.01. The number of rotatable bonds is 5. The summed E-state index contributed by atoms with van der Waals surface area (Å²) in [5, 5.41) is 2.87. The molecule has 7 heteroatoms. The molecule has 1 N–H and O–H groups in total. The lowest BCUT2D eigenvalue weighted by Crippen LogP contribution is -2.26. The fraction of sp³-hybridized carbons (Fsp3) is 0.150. The number of aromatic nitrogens is 4. The Labute approximate surface area is 155 Å². The lowest BCUT2D eigenvalue weighted by atomic mass is 10.1. The molecular formula is C20H18FN5O. The zero-order valence-corrected chi connectivity index (χ0v) is 14.8. The van der Waals surface area contributed by atoms with Gasteiger partial charge in [0.25, 0.3) is 5.91 Å². The van der Waals surface area contributed by atoms with Crippen LogP contribution in [-0.4, -0.2) is 31.4 Å². The average molecular weight is 363 g/mol. The van der Waals surface area contributed by atoms with E-state index in [0.717, 1.165) is 5.56 Å². The number of nitrogens with one attached hydrogen (secondary N) is 1. The van der Waals surface area contributed by atoms with Gasteiger partial charge in [-0.25, -0.2) is 14.4 Å². The Balaban J connectivity index is 1.57. The van der Waals surface area contributed by atoms with E-state index in [9.17, 15) is 9.18 Å². The number of pyridine rings is 1. The number of halogens is 1. The van der Waals surface area contributed by atoms with Crippen molar-refractivity contribution in [1.82, 2.24) is 24.3 Å². The minimum atomic E-state index is -0.279.